The molecule has 2 saturated heterocycles. The van der Waals surface area contributed by atoms with E-state index in [0.717, 1.165) is 47.4 Å². The minimum atomic E-state index is -0.658. The topological polar surface area (TPSA) is 79.3 Å². The second-order valence-corrected chi connectivity index (χ2v) is 11.0. The number of ether oxygens (including phenoxy) is 2. The summed E-state index contributed by atoms with van der Waals surface area (Å²) in [6.07, 6.45) is 0.723. The highest BCUT2D eigenvalue weighted by atomic mass is 79.9. The molecule has 0 unspecified atom stereocenters. The van der Waals surface area contributed by atoms with Crippen molar-refractivity contribution in [2.24, 2.45) is 5.92 Å². The van der Waals surface area contributed by atoms with Gasteiger partial charge in [0.25, 0.3) is 11.7 Å². The molecule has 2 aromatic rings. The van der Waals surface area contributed by atoms with Crippen LogP contribution in [-0.2, 0) is 14.3 Å². The van der Waals surface area contributed by atoms with Gasteiger partial charge in [0.15, 0.2) is 0 Å². The quantitative estimate of drug-likeness (QED) is 0.261. The van der Waals surface area contributed by atoms with Crippen molar-refractivity contribution in [3.63, 3.8) is 0 Å². The average molecular weight is 572 g/mol. The zero-order chi connectivity index (χ0) is 26.5. The number of benzene rings is 2. The van der Waals surface area contributed by atoms with Gasteiger partial charge in [-0.1, -0.05) is 41.9 Å². The lowest BCUT2D eigenvalue weighted by atomic mass is 9.94. The third-order valence-corrected chi connectivity index (χ3v) is 7.25. The molecule has 37 heavy (non-hydrogen) atoms. The summed E-state index contributed by atoms with van der Waals surface area (Å²) in [5.74, 6) is -0.281. The maximum Gasteiger partial charge on any atom is 0.295 e. The van der Waals surface area contributed by atoms with Gasteiger partial charge in [-0.05, 0) is 60.7 Å². The maximum atomic E-state index is 13.3. The first-order chi connectivity index (χ1) is 17.8. The van der Waals surface area contributed by atoms with Crippen LogP contribution in [0.2, 0.25) is 0 Å². The Balaban J connectivity index is 1.65. The molecule has 2 aromatic carbocycles. The van der Waals surface area contributed by atoms with Crippen LogP contribution in [0.25, 0.3) is 5.76 Å². The van der Waals surface area contributed by atoms with Crippen molar-refractivity contribution in [1.82, 2.24) is 9.80 Å². The van der Waals surface area contributed by atoms with Gasteiger partial charge in [-0.2, -0.15) is 0 Å². The molecule has 198 valence electrons. The normalized spacial score (nSPS) is 20.1. The number of Topliss-reactive ketones (excluding diaryl/α,β-unsaturated/α-hetero) is 1. The second-order valence-electron chi connectivity index (χ2n) is 10.0. The molecule has 1 amide bonds. The van der Waals surface area contributed by atoms with Crippen molar-refractivity contribution in [2.45, 2.75) is 33.2 Å². The molecule has 2 heterocycles. The van der Waals surface area contributed by atoms with Crippen molar-refractivity contribution < 1.29 is 24.2 Å². The first-order valence-electron chi connectivity index (χ1n) is 12.8. The summed E-state index contributed by atoms with van der Waals surface area (Å²) < 4.78 is 12.2. The number of rotatable bonds is 9. The minimum Gasteiger partial charge on any atom is -0.507 e. The van der Waals surface area contributed by atoms with Crippen LogP contribution in [0.15, 0.2) is 52.5 Å². The smallest absolute Gasteiger partial charge is 0.295 e. The highest BCUT2D eigenvalue weighted by molar-refractivity contribution is 9.10. The highest BCUT2D eigenvalue weighted by Crippen LogP contribution is 2.40. The van der Waals surface area contributed by atoms with E-state index in [1.54, 1.807) is 23.1 Å². The molecule has 2 aliphatic rings. The van der Waals surface area contributed by atoms with E-state index in [-0.39, 0.29) is 11.3 Å². The molecule has 2 aliphatic heterocycles. The van der Waals surface area contributed by atoms with Crippen LogP contribution in [0, 0.1) is 12.8 Å². The molecule has 1 atom stereocenters. The molecule has 0 aromatic heterocycles. The van der Waals surface area contributed by atoms with Crippen LogP contribution < -0.4 is 4.74 Å². The summed E-state index contributed by atoms with van der Waals surface area (Å²) in [6, 6.07) is 12.2. The Kier molecular flexibility index (Phi) is 9.05. The number of hydrogen-bond acceptors (Lipinski definition) is 6. The molecular formula is C29H35BrN2O5. The summed E-state index contributed by atoms with van der Waals surface area (Å²) in [4.78, 5) is 30.4. The summed E-state index contributed by atoms with van der Waals surface area (Å²) in [7, 11) is 0. The van der Waals surface area contributed by atoms with Gasteiger partial charge in [-0.25, -0.2) is 0 Å². The fraction of sp³-hybridized carbons (Fsp3) is 0.448. The number of carbonyl (C=O) groups excluding carboxylic acids is 2. The molecule has 4 rings (SSSR count). The van der Waals surface area contributed by atoms with Crippen molar-refractivity contribution in [1.29, 1.82) is 0 Å². The molecule has 7 nitrogen and oxygen atoms in total. The Morgan fingerprint density at radius 3 is 2.46 bits per heavy atom. The number of morpholine rings is 1. The van der Waals surface area contributed by atoms with E-state index in [1.165, 1.54) is 0 Å². The van der Waals surface area contributed by atoms with Gasteiger partial charge in [0.1, 0.15) is 11.5 Å². The SMILES string of the molecule is Cc1cc(C(O)=C2C(=O)C(=O)N(CCCN3CCOCC3)[C@H]2c2ccc(Br)cc2)ccc1OCC(C)C. The monoisotopic (exact) mass is 570 g/mol. The lowest BCUT2D eigenvalue weighted by Crippen LogP contribution is -2.38. The van der Waals surface area contributed by atoms with Crippen molar-refractivity contribution in [3.8, 4) is 5.75 Å². The lowest BCUT2D eigenvalue weighted by Gasteiger charge is -2.29. The molecule has 0 bridgehead atoms. The summed E-state index contributed by atoms with van der Waals surface area (Å²) in [5.41, 5.74) is 2.24. The Labute approximate surface area is 227 Å². The molecule has 0 radical (unpaired) electrons. The van der Waals surface area contributed by atoms with Crippen LogP contribution in [0.1, 0.15) is 43.0 Å². The van der Waals surface area contributed by atoms with Crippen molar-refractivity contribution in [3.05, 3.63) is 69.2 Å². The minimum absolute atomic E-state index is 0.119. The predicted molar refractivity (Wildman–Crippen MR) is 147 cm³/mol. The van der Waals surface area contributed by atoms with E-state index in [9.17, 15) is 14.7 Å². The van der Waals surface area contributed by atoms with E-state index in [1.807, 2.05) is 31.2 Å². The van der Waals surface area contributed by atoms with Crippen LogP contribution in [0.3, 0.4) is 0 Å². The van der Waals surface area contributed by atoms with Crippen LogP contribution in [0.4, 0.5) is 0 Å². The first kappa shape index (κ1) is 27.4. The van der Waals surface area contributed by atoms with Crippen LogP contribution in [-0.4, -0.2) is 72.6 Å². The number of hydrogen-bond donors (Lipinski definition) is 1. The second kappa shape index (κ2) is 12.2. The van der Waals surface area contributed by atoms with E-state index >= 15 is 0 Å². The summed E-state index contributed by atoms with van der Waals surface area (Å²) in [5, 5.41) is 11.4. The molecule has 8 heteroatoms. The number of amides is 1. The van der Waals surface area contributed by atoms with Crippen molar-refractivity contribution >= 4 is 33.4 Å². The summed E-state index contributed by atoms with van der Waals surface area (Å²) in [6.45, 7) is 11.0. The fourth-order valence-electron chi connectivity index (χ4n) is 4.76. The van der Waals surface area contributed by atoms with Gasteiger partial charge in [0, 0.05) is 36.2 Å². The number of halogens is 1. The van der Waals surface area contributed by atoms with Gasteiger partial charge >= 0.3 is 0 Å². The Hall–Kier alpha value is -2.68. The van der Waals surface area contributed by atoms with Crippen LogP contribution in [0.5, 0.6) is 5.75 Å². The highest BCUT2D eigenvalue weighted by Gasteiger charge is 2.45. The van der Waals surface area contributed by atoms with Crippen molar-refractivity contribution in [2.75, 3.05) is 46.0 Å². The molecule has 0 aliphatic carbocycles. The number of nitrogens with zero attached hydrogens (tertiary/aromatic N) is 2. The van der Waals surface area contributed by atoms with Gasteiger partial charge in [0.2, 0.25) is 0 Å². The standard InChI is InChI=1S/C29H35BrN2O5/c1-19(2)18-37-24-10-7-22(17-20(24)3)27(33)25-26(21-5-8-23(30)9-6-21)32(29(35)28(25)34)12-4-11-31-13-15-36-16-14-31/h5-10,17,19,26,33H,4,11-16,18H2,1-3H3/t26-/m0/s1. The number of carbonyl (C=O) groups is 2. The van der Waals surface area contributed by atoms with E-state index in [2.05, 4.69) is 34.7 Å². The Morgan fingerprint density at radius 2 is 1.81 bits per heavy atom. The zero-order valence-corrected chi connectivity index (χ0v) is 23.3. The summed E-state index contributed by atoms with van der Waals surface area (Å²) >= 11 is 3.46. The molecule has 1 N–H and O–H groups in total. The maximum absolute atomic E-state index is 13.3. The third-order valence-electron chi connectivity index (χ3n) is 6.72. The largest absolute Gasteiger partial charge is 0.507 e. The number of likely N-dealkylation sites (tertiary alicyclic amines) is 1. The number of aliphatic hydroxyl groups is 1. The molecule has 2 fully saturated rings. The third kappa shape index (κ3) is 6.43. The first-order valence-corrected chi connectivity index (χ1v) is 13.6. The van der Waals surface area contributed by atoms with E-state index < -0.39 is 17.7 Å². The van der Waals surface area contributed by atoms with Crippen LogP contribution >= 0.6 is 15.9 Å². The average Bonchev–Trinajstić information content (AvgIpc) is 3.13. The zero-order valence-electron chi connectivity index (χ0n) is 21.7. The molecular weight excluding hydrogens is 536 g/mol. The van der Waals surface area contributed by atoms with E-state index in [0.29, 0.717) is 37.8 Å². The van der Waals surface area contributed by atoms with Gasteiger partial charge < -0.3 is 19.5 Å². The van der Waals surface area contributed by atoms with Gasteiger partial charge in [-0.3, -0.25) is 14.5 Å². The molecule has 0 saturated carbocycles. The fourth-order valence-corrected chi connectivity index (χ4v) is 5.03. The van der Waals surface area contributed by atoms with Gasteiger partial charge in [-0.15, -0.1) is 0 Å². The Bertz CT molecular complexity index is 1160. The Morgan fingerprint density at radius 1 is 1.11 bits per heavy atom. The van der Waals surface area contributed by atoms with Gasteiger partial charge in [0.05, 0.1) is 31.4 Å². The molecule has 0 spiro atoms. The number of aliphatic hydroxyl groups excluding tert-OH is 1. The predicted octanol–water partition coefficient (Wildman–Crippen LogP) is 4.94. The lowest BCUT2D eigenvalue weighted by molar-refractivity contribution is -0.140. The number of ketones is 1. The number of aryl methyl sites for hydroxylation is 1. The van der Waals surface area contributed by atoms with E-state index in [4.69, 9.17) is 9.47 Å².